The number of aromatic nitrogens is 2. The second kappa shape index (κ2) is 4.97. The molecule has 1 aromatic rings. The highest BCUT2D eigenvalue weighted by Crippen LogP contribution is 2.35. The molecule has 0 saturated carbocycles. The Labute approximate surface area is 108 Å². The Bertz CT molecular complexity index is 387. The SMILES string of the molecule is CC(C)C(c1nc(C2(C)CCCO2)no1)C(C)O. The first-order valence-electron chi connectivity index (χ1n) is 6.60. The summed E-state index contributed by atoms with van der Waals surface area (Å²) in [6.07, 6.45) is 1.42. The molecule has 0 amide bonds. The van der Waals surface area contributed by atoms with Crippen LogP contribution in [0.4, 0.5) is 0 Å². The van der Waals surface area contributed by atoms with Gasteiger partial charge in [0.05, 0.1) is 12.0 Å². The number of aliphatic hydroxyl groups is 1. The third-order valence-electron chi connectivity index (χ3n) is 3.66. The van der Waals surface area contributed by atoms with Crippen LogP contribution in [0.3, 0.4) is 0 Å². The largest absolute Gasteiger partial charge is 0.393 e. The lowest BCUT2D eigenvalue weighted by atomic mass is 9.91. The molecule has 0 bridgehead atoms. The summed E-state index contributed by atoms with van der Waals surface area (Å²) in [6, 6.07) is 0. The van der Waals surface area contributed by atoms with E-state index in [1.165, 1.54) is 0 Å². The zero-order chi connectivity index (χ0) is 13.3. The van der Waals surface area contributed by atoms with Gasteiger partial charge in [0.1, 0.15) is 5.60 Å². The van der Waals surface area contributed by atoms with E-state index in [1.54, 1.807) is 6.92 Å². The number of aliphatic hydroxyl groups excluding tert-OH is 1. The van der Waals surface area contributed by atoms with Crippen LogP contribution in [0, 0.1) is 5.92 Å². The minimum Gasteiger partial charge on any atom is -0.393 e. The van der Waals surface area contributed by atoms with E-state index in [-0.39, 0.29) is 11.8 Å². The van der Waals surface area contributed by atoms with Crippen molar-refractivity contribution in [1.82, 2.24) is 10.1 Å². The van der Waals surface area contributed by atoms with Gasteiger partial charge in [-0.25, -0.2) is 0 Å². The van der Waals surface area contributed by atoms with Gasteiger partial charge in [-0.15, -0.1) is 0 Å². The van der Waals surface area contributed by atoms with Crippen LogP contribution < -0.4 is 0 Å². The molecule has 3 unspecified atom stereocenters. The average Bonchev–Trinajstić information content (AvgIpc) is 2.87. The van der Waals surface area contributed by atoms with Crippen LogP contribution in [0.2, 0.25) is 0 Å². The Morgan fingerprint density at radius 3 is 2.56 bits per heavy atom. The standard InChI is InChI=1S/C13H22N2O3/c1-8(2)10(9(3)16)11-14-12(15-18-11)13(4)6-5-7-17-13/h8-10,16H,5-7H2,1-4H3. The molecular formula is C13H22N2O3. The number of hydrogen-bond donors (Lipinski definition) is 1. The summed E-state index contributed by atoms with van der Waals surface area (Å²) < 4.78 is 11.0. The van der Waals surface area contributed by atoms with Crippen LogP contribution in [0.15, 0.2) is 4.52 Å². The van der Waals surface area contributed by atoms with Crippen molar-refractivity contribution in [2.45, 2.75) is 58.2 Å². The monoisotopic (exact) mass is 254 g/mol. The van der Waals surface area contributed by atoms with Gasteiger partial charge in [0.15, 0.2) is 0 Å². The summed E-state index contributed by atoms with van der Waals surface area (Å²) in [5, 5.41) is 13.8. The van der Waals surface area contributed by atoms with Crippen molar-refractivity contribution >= 4 is 0 Å². The van der Waals surface area contributed by atoms with Crippen molar-refractivity contribution in [3.05, 3.63) is 11.7 Å². The van der Waals surface area contributed by atoms with Crippen molar-refractivity contribution in [1.29, 1.82) is 0 Å². The molecular weight excluding hydrogens is 232 g/mol. The first-order valence-corrected chi connectivity index (χ1v) is 6.60. The first kappa shape index (κ1) is 13.5. The first-order chi connectivity index (χ1) is 8.44. The van der Waals surface area contributed by atoms with E-state index < -0.39 is 11.7 Å². The Kier molecular flexibility index (Phi) is 3.73. The smallest absolute Gasteiger partial charge is 0.232 e. The lowest BCUT2D eigenvalue weighted by molar-refractivity contribution is 0.00768. The predicted octanol–water partition coefficient (Wildman–Crippen LogP) is 2.22. The van der Waals surface area contributed by atoms with E-state index in [4.69, 9.17) is 9.26 Å². The zero-order valence-electron chi connectivity index (χ0n) is 11.5. The lowest BCUT2D eigenvalue weighted by Crippen LogP contribution is -2.23. The maximum absolute atomic E-state index is 9.82. The third kappa shape index (κ3) is 2.42. The van der Waals surface area contributed by atoms with Gasteiger partial charge < -0.3 is 14.4 Å². The van der Waals surface area contributed by atoms with Crippen LogP contribution in [0.1, 0.15) is 58.2 Å². The summed E-state index contributed by atoms with van der Waals surface area (Å²) in [4.78, 5) is 4.44. The van der Waals surface area contributed by atoms with Crippen LogP contribution in [-0.2, 0) is 10.3 Å². The molecule has 0 aliphatic carbocycles. The molecule has 0 radical (unpaired) electrons. The number of nitrogens with zero attached hydrogens (tertiary/aromatic N) is 2. The summed E-state index contributed by atoms with van der Waals surface area (Å²) in [5.74, 6) is 1.22. The van der Waals surface area contributed by atoms with Gasteiger partial charge in [-0.05, 0) is 32.6 Å². The van der Waals surface area contributed by atoms with E-state index in [0.29, 0.717) is 11.7 Å². The van der Waals surface area contributed by atoms with Gasteiger partial charge in [-0.3, -0.25) is 0 Å². The van der Waals surface area contributed by atoms with Crippen molar-refractivity contribution < 1.29 is 14.4 Å². The summed E-state index contributed by atoms with van der Waals surface area (Å²) in [6.45, 7) is 8.55. The van der Waals surface area contributed by atoms with E-state index in [1.807, 2.05) is 20.8 Å². The predicted molar refractivity (Wildman–Crippen MR) is 66.1 cm³/mol. The maximum atomic E-state index is 9.82. The Morgan fingerprint density at radius 2 is 2.06 bits per heavy atom. The third-order valence-corrected chi connectivity index (χ3v) is 3.66. The maximum Gasteiger partial charge on any atom is 0.232 e. The molecule has 18 heavy (non-hydrogen) atoms. The number of ether oxygens (including phenoxy) is 1. The fourth-order valence-corrected chi connectivity index (χ4v) is 2.59. The van der Waals surface area contributed by atoms with Crippen LogP contribution in [0.25, 0.3) is 0 Å². The van der Waals surface area contributed by atoms with E-state index in [0.717, 1.165) is 19.4 Å². The molecule has 1 aliphatic rings. The molecule has 2 heterocycles. The molecule has 1 aromatic heterocycles. The highest BCUT2D eigenvalue weighted by molar-refractivity contribution is 5.05. The molecule has 2 rings (SSSR count). The molecule has 102 valence electrons. The normalized spacial score (nSPS) is 27.7. The highest BCUT2D eigenvalue weighted by atomic mass is 16.5. The number of hydrogen-bond acceptors (Lipinski definition) is 5. The highest BCUT2D eigenvalue weighted by Gasteiger charge is 2.38. The molecule has 1 saturated heterocycles. The molecule has 1 N–H and O–H groups in total. The second-order valence-electron chi connectivity index (χ2n) is 5.65. The zero-order valence-corrected chi connectivity index (χ0v) is 11.5. The summed E-state index contributed by atoms with van der Waals surface area (Å²) in [5.41, 5.74) is -0.429. The average molecular weight is 254 g/mol. The minimum atomic E-state index is -0.504. The quantitative estimate of drug-likeness (QED) is 0.892. The van der Waals surface area contributed by atoms with Gasteiger partial charge in [-0.1, -0.05) is 19.0 Å². The summed E-state index contributed by atoms with van der Waals surface area (Å²) in [7, 11) is 0. The van der Waals surface area contributed by atoms with E-state index in [9.17, 15) is 5.11 Å². The Hall–Kier alpha value is -0.940. The molecule has 1 aliphatic heterocycles. The minimum absolute atomic E-state index is 0.128. The van der Waals surface area contributed by atoms with Crippen LogP contribution in [0.5, 0.6) is 0 Å². The van der Waals surface area contributed by atoms with Crippen LogP contribution >= 0.6 is 0 Å². The molecule has 5 heteroatoms. The molecule has 5 nitrogen and oxygen atoms in total. The molecule has 0 spiro atoms. The molecule has 3 atom stereocenters. The Balaban J connectivity index is 2.24. The van der Waals surface area contributed by atoms with Gasteiger partial charge >= 0.3 is 0 Å². The van der Waals surface area contributed by atoms with Gasteiger partial charge in [-0.2, -0.15) is 4.98 Å². The van der Waals surface area contributed by atoms with Crippen molar-refractivity contribution in [2.75, 3.05) is 6.61 Å². The molecule has 1 fully saturated rings. The summed E-state index contributed by atoms with van der Waals surface area (Å²) >= 11 is 0. The van der Waals surface area contributed by atoms with Crippen LogP contribution in [-0.4, -0.2) is 28.0 Å². The van der Waals surface area contributed by atoms with E-state index in [2.05, 4.69) is 10.1 Å². The fraction of sp³-hybridized carbons (Fsp3) is 0.846. The lowest BCUT2D eigenvalue weighted by Gasteiger charge is -2.20. The fourth-order valence-electron chi connectivity index (χ4n) is 2.59. The topological polar surface area (TPSA) is 68.4 Å². The van der Waals surface area contributed by atoms with Crippen molar-refractivity contribution in [3.8, 4) is 0 Å². The van der Waals surface area contributed by atoms with Gasteiger partial charge in [0, 0.05) is 6.61 Å². The van der Waals surface area contributed by atoms with E-state index >= 15 is 0 Å². The number of rotatable bonds is 4. The second-order valence-corrected chi connectivity index (χ2v) is 5.65. The van der Waals surface area contributed by atoms with Gasteiger partial charge in [0.2, 0.25) is 11.7 Å². The van der Waals surface area contributed by atoms with Crippen molar-refractivity contribution in [2.24, 2.45) is 5.92 Å². The Morgan fingerprint density at radius 1 is 1.33 bits per heavy atom. The van der Waals surface area contributed by atoms with Crippen molar-refractivity contribution in [3.63, 3.8) is 0 Å². The molecule has 0 aromatic carbocycles. The van der Waals surface area contributed by atoms with Gasteiger partial charge in [0.25, 0.3) is 0 Å².